The Morgan fingerprint density at radius 2 is 1.55 bits per heavy atom. The molecule has 3 aromatic heterocycles. The summed E-state index contributed by atoms with van der Waals surface area (Å²) in [5.74, 6) is -1.86. The third-order valence-corrected chi connectivity index (χ3v) is 9.56. The number of rotatable bonds is 8. The summed E-state index contributed by atoms with van der Waals surface area (Å²) in [5, 5.41) is 0. The summed E-state index contributed by atoms with van der Waals surface area (Å²) in [5.41, 5.74) is 11.4. The second-order valence-corrected chi connectivity index (χ2v) is 12.0. The molecule has 0 saturated heterocycles. The van der Waals surface area contributed by atoms with E-state index >= 15 is 0 Å². The van der Waals surface area contributed by atoms with E-state index in [1.165, 1.54) is 21.3 Å². The Kier molecular flexibility index (Phi) is 9.51. The van der Waals surface area contributed by atoms with Gasteiger partial charge in [0, 0.05) is 57.1 Å². The van der Waals surface area contributed by atoms with E-state index in [-0.39, 0.29) is 36.2 Å². The molecule has 2 atom stereocenters. The second-order valence-electron chi connectivity index (χ2n) is 12.0. The van der Waals surface area contributed by atoms with Crippen molar-refractivity contribution in [1.29, 1.82) is 0 Å². The number of esters is 3. The molecule has 5 rings (SSSR count). The molecule has 8 bridgehead atoms. The van der Waals surface area contributed by atoms with E-state index in [1.54, 1.807) is 0 Å². The van der Waals surface area contributed by atoms with Crippen molar-refractivity contribution in [3.05, 3.63) is 75.4 Å². The third-order valence-electron chi connectivity index (χ3n) is 9.56. The minimum Gasteiger partial charge on any atom is -0.469 e. The molecule has 2 aliphatic rings. The summed E-state index contributed by atoms with van der Waals surface area (Å²) in [4.78, 5) is 56.1. The molecular weight excluding hydrogens is 596 g/mol. The Labute approximate surface area is 274 Å². The first-order chi connectivity index (χ1) is 22.5. The highest BCUT2D eigenvalue weighted by molar-refractivity contribution is 6.25. The number of methoxy groups -OCH3 is 3. The molecule has 10 heteroatoms. The lowest BCUT2D eigenvalue weighted by molar-refractivity contribution is -0.141. The number of aromatic amines is 2. The lowest BCUT2D eigenvalue weighted by atomic mass is 9.84. The van der Waals surface area contributed by atoms with Crippen LogP contribution in [0.4, 0.5) is 0 Å². The quantitative estimate of drug-likeness (QED) is 0.203. The number of allylic oxidation sites excluding steroid dienone is 1. The van der Waals surface area contributed by atoms with Gasteiger partial charge in [0.15, 0.2) is 0 Å². The number of aryl methyl sites for hydroxylation is 3. The van der Waals surface area contributed by atoms with Crippen LogP contribution in [0.1, 0.15) is 96.0 Å². The molecule has 0 fully saturated rings. The number of H-pyrrole nitrogens is 2. The van der Waals surface area contributed by atoms with Crippen LogP contribution in [0.25, 0.3) is 39.3 Å². The molecule has 246 valence electrons. The van der Waals surface area contributed by atoms with Crippen LogP contribution in [0.15, 0.2) is 24.8 Å². The predicted molar refractivity (Wildman–Crippen MR) is 183 cm³/mol. The highest BCUT2D eigenvalue weighted by Crippen LogP contribution is 2.44. The standard InChI is InChI=1S/C37H42N4O6/c1-10-22-18(3)26-15-28-20(5)24(12-13-32(42)45-7)35(40-28)25(14-33(43)46-8)36-34(37(44)47-9)21(6)29(41-36)17-31-23(11-2)19(4)27(39-31)16-30(22)38-26/h10,15-17,20,24,38-39H,1,11-14H2,2-9H3/t20?,24-/m0/s1. The molecule has 2 N–H and O–H groups in total. The fourth-order valence-electron chi connectivity index (χ4n) is 6.78. The van der Waals surface area contributed by atoms with Gasteiger partial charge >= 0.3 is 17.9 Å². The minimum atomic E-state index is -0.572. The van der Waals surface area contributed by atoms with Crippen LogP contribution in [-0.4, -0.2) is 59.2 Å². The SMILES string of the molecule is C=Cc1c(C)c2cc3nc(c(CC(=O)OC)c4nc(cc5[nH]c(cc1[nH]2)c(C)c5CC)C(C)=C4C(=O)OC)[C@@H](CCC(=O)OC)C3C. The van der Waals surface area contributed by atoms with Crippen molar-refractivity contribution in [3.8, 4) is 0 Å². The van der Waals surface area contributed by atoms with E-state index in [2.05, 4.69) is 36.5 Å². The van der Waals surface area contributed by atoms with Gasteiger partial charge in [0.05, 0.1) is 50.4 Å². The molecule has 0 spiro atoms. The van der Waals surface area contributed by atoms with Gasteiger partial charge in [-0.3, -0.25) is 14.6 Å². The fourth-order valence-corrected chi connectivity index (χ4v) is 6.78. The van der Waals surface area contributed by atoms with Crippen molar-refractivity contribution < 1.29 is 28.6 Å². The van der Waals surface area contributed by atoms with E-state index in [0.29, 0.717) is 34.6 Å². The normalized spacial score (nSPS) is 15.8. The van der Waals surface area contributed by atoms with Gasteiger partial charge in [0.2, 0.25) is 0 Å². The number of aromatic nitrogens is 4. The summed E-state index contributed by atoms with van der Waals surface area (Å²) in [6, 6.07) is 6.04. The minimum absolute atomic E-state index is 0.148. The second kappa shape index (κ2) is 13.4. The maximum absolute atomic E-state index is 13.4. The van der Waals surface area contributed by atoms with Crippen molar-refractivity contribution in [2.75, 3.05) is 21.3 Å². The third kappa shape index (κ3) is 6.00. The van der Waals surface area contributed by atoms with Crippen molar-refractivity contribution in [2.24, 2.45) is 0 Å². The lowest BCUT2D eigenvalue weighted by Crippen LogP contribution is -2.15. The molecule has 0 amide bonds. The first-order valence-electron chi connectivity index (χ1n) is 15.8. The van der Waals surface area contributed by atoms with E-state index in [0.717, 1.165) is 56.4 Å². The summed E-state index contributed by atoms with van der Waals surface area (Å²) in [7, 11) is 4.00. The van der Waals surface area contributed by atoms with Crippen LogP contribution in [0.5, 0.6) is 0 Å². The summed E-state index contributed by atoms with van der Waals surface area (Å²) >= 11 is 0. The van der Waals surface area contributed by atoms with Gasteiger partial charge in [0.25, 0.3) is 0 Å². The Bertz CT molecular complexity index is 2000. The molecule has 0 radical (unpaired) electrons. The zero-order valence-electron chi connectivity index (χ0n) is 28.3. The molecule has 0 aliphatic carbocycles. The molecule has 47 heavy (non-hydrogen) atoms. The molecule has 10 nitrogen and oxygen atoms in total. The summed E-state index contributed by atoms with van der Waals surface area (Å²) in [6.45, 7) is 14.2. The molecule has 1 unspecified atom stereocenters. The van der Waals surface area contributed by atoms with Gasteiger partial charge in [0.1, 0.15) is 0 Å². The van der Waals surface area contributed by atoms with Gasteiger partial charge in [-0.25, -0.2) is 9.78 Å². The Morgan fingerprint density at radius 1 is 0.872 bits per heavy atom. The Balaban J connectivity index is 2.02. The van der Waals surface area contributed by atoms with Crippen LogP contribution in [-0.2, 0) is 41.4 Å². The Hall–Kier alpha value is -4.99. The fraction of sp³-hybridized carbons (Fsp3) is 0.378. The highest BCUT2D eigenvalue weighted by Gasteiger charge is 2.36. The average Bonchev–Trinajstić information content (AvgIpc) is 3.74. The number of hydrogen-bond acceptors (Lipinski definition) is 8. The van der Waals surface area contributed by atoms with E-state index in [9.17, 15) is 14.4 Å². The molecular formula is C37H42N4O6. The molecule has 5 heterocycles. The maximum Gasteiger partial charge on any atom is 0.340 e. The molecule has 0 aromatic carbocycles. The van der Waals surface area contributed by atoms with Crippen LogP contribution in [0, 0.1) is 13.8 Å². The number of nitrogens with zero attached hydrogens (tertiary/aromatic N) is 2. The van der Waals surface area contributed by atoms with Gasteiger partial charge in [-0.2, -0.15) is 0 Å². The Morgan fingerprint density at radius 3 is 2.19 bits per heavy atom. The molecule has 2 aliphatic heterocycles. The van der Waals surface area contributed by atoms with Crippen LogP contribution in [0.3, 0.4) is 0 Å². The highest BCUT2D eigenvalue weighted by atomic mass is 16.5. The van der Waals surface area contributed by atoms with Crippen LogP contribution >= 0.6 is 0 Å². The summed E-state index contributed by atoms with van der Waals surface area (Å²) in [6.07, 6.45) is 2.99. The van der Waals surface area contributed by atoms with Crippen LogP contribution in [0.2, 0.25) is 0 Å². The number of fused-ring (bicyclic) bond motifs is 8. The maximum atomic E-state index is 13.4. The zero-order chi connectivity index (χ0) is 34.2. The van der Waals surface area contributed by atoms with E-state index in [1.807, 2.05) is 39.0 Å². The van der Waals surface area contributed by atoms with Crippen molar-refractivity contribution >= 4 is 57.2 Å². The van der Waals surface area contributed by atoms with Crippen molar-refractivity contribution in [3.63, 3.8) is 0 Å². The van der Waals surface area contributed by atoms with Crippen LogP contribution < -0.4 is 0 Å². The van der Waals surface area contributed by atoms with Gasteiger partial charge in [-0.15, -0.1) is 0 Å². The first-order valence-corrected chi connectivity index (χ1v) is 15.8. The van der Waals surface area contributed by atoms with E-state index in [4.69, 9.17) is 24.2 Å². The number of carbonyl (C=O) groups excluding carboxylic acids is 3. The first kappa shape index (κ1) is 33.4. The number of hydrogen-bond donors (Lipinski definition) is 2. The molecule has 0 saturated carbocycles. The van der Waals surface area contributed by atoms with E-state index < -0.39 is 11.9 Å². The van der Waals surface area contributed by atoms with Crippen molar-refractivity contribution in [1.82, 2.24) is 19.9 Å². The zero-order valence-corrected chi connectivity index (χ0v) is 28.3. The van der Waals surface area contributed by atoms with Gasteiger partial charge in [-0.05, 0) is 74.1 Å². The largest absolute Gasteiger partial charge is 0.469 e. The topological polar surface area (TPSA) is 136 Å². The number of ether oxygens (including phenoxy) is 3. The number of carbonyl (C=O) groups is 3. The summed E-state index contributed by atoms with van der Waals surface area (Å²) < 4.78 is 15.3. The van der Waals surface area contributed by atoms with Gasteiger partial charge in [-0.1, -0.05) is 26.5 Å². The lowest BCUT2D eigenvalue weighted by Gasteiger charge is -2.18. The van der Waals surface area contributed by atoms with Gasteiger partial charge < -0.3 is 24.2 Å². The van der Waals surface area contributed by atoms with Crippen molar-refractivity contribution in [2.45, 2.75) is 72.1 Å². The predicted octanol–water partition coefficient (Wildman–Crippen LogP) is 6.80. The molecule has 3 aromatic rings. The average molecular weight is 639 g/mol. The number of nitrogens with one attached hydrogen (secondary N) is 2. The monoisotopic (exact) mass is 638 g/mol. The smallest absolute Gasteiger partial charge is 0.340 e.